The Labute approximate surface area is 109 Å². The Morgan fingerprint density at radius 1 is 1.50 bits per heavy atom. The van der Waals surface area contributed by atoms with Gasteiger partial charge in [-0.3, -0.25) is 0 Å². The number of aliphatic hydroxyl groups is 1. The third kappa shape index (κ3) is 2.31. The molecule has 100 valence electrons. The highest BCUT2D eigenvalue weighted by molar-refractivity contribution is 5.61. The maximum Gasteiger partial charge on any atom is 0.142 e. The summed E-state index contributed by atoms with van der Waals surface area (Å²) in [5.74, 6) is 0.894. The number of aryl methyl sites for hydroxylation is 1. The predicted octanol–water partition coefficient (Wildman–Crippen LogP) is 1.16. The van der Waals surface area contributed by atoms with E-state index < -0.39 is 0 Å². The highest BCUT2D eigenvalue weighted by Crippen LogP contribution is 2.34. The smallest absolute Gasteiger partial charge is 0.142 e. The maximum absolute atomic E-state index is 9.54. The lowest BCUT2D eigenvalue weighted by atomic mass is 10.0. The molecule has 1 fully saturated rings. The highest BCUT2D eigenvalue weighted by atomic mass is 16.5. The van der Waals surface area contributed by atoms with Crippen molar-refractivity contribution in [2.75, 3.05) is 38.8 Å². The number of nitrogens with zero attached hydrogens (tertiary/aromatic N) is 1. The lowest BCUT2D eigenvalue weighted by Crippen LogP contribution is -2.48. The summed E-state index contributed by atoms with van der Waals surface area (Å²) in [6, 6.07) is 6.20. The van der Waals surface area contributed by atoms with Gasteiger partial charge in [0.2, 0.25) is 0 Å². The average Bonchev–Trinajstić information content (AvgIpc) is 2.83. The molecule has 1 aliphatic rings. The molecule has 2 rings (SSSR count). The minimum absolute atomic E-state index is 0.161. The van der Waals surface area contributed by atoms with Crippen LogP contribution < -0.4 is 15.0 Å². The van der Waals surface area contributed by atoms with Gasteiger partial charge in [-0.25, -0.2) is 0 Å². The lowest BCUT2D eigenvalue weighted by molar-refractivity contribution is 0.184. The monoisotopic (exact) mass is 250 g/mol. The van der Waals surface area contributed by atoms with E-state index in [4.69, 9.17) is 4.74 Å². The summed E-state index contributed by atoms with van der Waals surface area (Å²) in [5, 5.41) is 12.8. The molecule has 1 atom stereocenters. The molecule has 4 heteroatoms. The van der Waals surface area contributed by atoms with E-state index in [0.29, 0.717) is 0 Å². The van der Waals surface area contributed by atoms with Crippen LogP contribution in [0, 0.1) is 6.92 Å². The second-order valence-corrected chi connectivity index (χ2v) is 5.04. The minimum Gasteiger partial charge on any atom is -0.495 e. The number of benzene rings is 1. The first kappa shape index (κ1) is 13.2. The molecular formula is C14H22N2O2. The van der Waals surface area contributed by atoms with Crippen LogP contribution >= 0.6 is 0 Å². The van der Waals surface area contributed by atoms with E-state index in [-0.39, 0.29) is 12.1 Å². The van der Waals surface area contributed by atoms with Gasteiger partial charge in [0.1, 0.15) is 5.75 Å². The van der Waals surface area contributed by atoms with E-state index in [0.717, 1.165) is 30.9 Å². The Kier molecular flexibility index (Phi) is 3.78. The van der Waals surface area contributed by atoms with Crippen molar-refractivity contribution in [3.05, 3.63) is 23.8 Å². The van der Waals surface area contributed by atoms with E-state index in [1.165, 1.54) is 5.56 Å². The van der Waals surface area contributed by atoms with Gasteiger partial charge >= 0.3 is 0 Å². The SMILES string of the molecule is CNC1(CO)CCN(c2cc(C)ccc2OC)C1. The molecule has 0 saturated carbocycles. The summed E-state index contributed by atoms with van der Waals surface area (Å²) in [4.78, 5) is 2.28. The van der Waals surface area contributed by atoms with Gasteiger partial charge in [0.15, 0.2) is 0 Å². The molecule has 18 heavy (non-hydrogen) atoms. The van der Waals surface area contributed by atoms with Gasteiger partial charge in [-0.1, -0.05) is 6.07 Å². The van der Waals surface area contributed by atoms with E-state index in [1.54, 1.807) is 7.11 Å². The Hall–Kier alpha value is -1.26. The van der Waals surface area contributed by atoms with Gasteiger partial charge in [-0.2, -0.15) is 0 Å². The van der Waals surface area contributed by atoms with E-state index >= 15 is 0 Å². The quantitative estimate of drug-likeness (QED) is 0.842. The van der Waals surface area contributed by atoms with Gasteiger partial charge in [0.25, 0.3) is 0 Å². The number of likely N-dealkylation sites (N-methyl/N-ethyl adjacent to an activating group) is 1. The number of ether oxygens (including phenoxy) is 1. The van der Waals surface area contributed by atoms with Crippen molar-refractivity contribution in [3.8, 4) is 5.75 Å². The third-order valence-corrected chi connectivity index (χ3v) is 3.86. The third-order valence-electron chi connectivity index (χ3n) is 3.86. The molecule has 2 N–H and O–H groups in total. The van der Waals surface area contributed by atoms with Crippen LogP contribution in [-0.4, -0.2) is 44.5 Å². The number of aliphatic hydroxyl groups excluding tert-OH is 1. The zero-order chi connectivity index (χ0) is 13.2. The van der Waals surface area contributed by atoms with Gasteiger partial charge in [0.05, 0.1) is 24.9 Å². The largest absolute Gasteiger partial charge is 0.495 e. The molecular weight excluding hydrogens is 228 g/mol. The van der Waals surface area contributed by atoms with Crippen molar-refractivity contribution in [1.29, 1.82) is 0 Å². The topological polar surface area (TPSA) is 44.7 Å². The maximum atomic E-state index is 9.54. The molecule has 0 radical (unpaired) electrons. The number of hydrogen-bond donors (Lipinski definition) is 2. The summed E-state index contributed by atoms with van der Waals surface area (Å²) in [6.45, 7) is 3.98. The highest BCUT2D eigenvalue weighted by Gasteiger charge is 2.37. The fourth-order valence-corrected chi connectivity index (χ4v) is 2.54. The Balaban J connectivity index is 2.26. The van der Waals surface area contributed by atoms with Crippen molar-refractivity contribution in [2.24, 2.45) is 0 Å². The van der Waals surface area contributed by atoms with Crippen molar-refractivity contribution >= 4 is 5.69 Å². The number of hydrogen-bond acceptors (Lipinski definition) is 4. The van der Waals surface area contributed by atoms with Crippen LogP contribution in [0.2, 0.25) is 0 Å². The van der Waals surface area contributed by atoms with Gasteiger partial charge in [-0.05, 0) is 38.1 Å². The zero-order valence-corrected chi connectivity index (χ0v) is 11.4. The summed E-state index contributed by atoms with van der Waals surface area (Å²) in [6.07, 6.45) is 0.942. The summed E-state index contributed by atoms with van der Waals surface area (Å²) < 4.78 is 5.42. The molecule has 1 aliphatic heterocycles. The van der Waals surface area contributed by atoms with Crippen molar-refractivity contribution in [2.45, 2.75) is 18.9 Å². The van der Waals surface area contributed by atoms with E-state index in [2.05, 4.69) is 29.3 Å². The lowest BCUT2D eigenvalue weighted by Gasteiger charge is -2.28. The van der Waals surface area contributed by atoms with Crippen molar-refractivity contribution in [1.82, 2.24) is 5.32 Å². The Morgan fingerprint density at radius 3 is 2.83 bits per heavy atom. The fraction of sp³-hybridized carbons (Fsp3) is 0.571. The summed E-state index contributed by atoms with van der Waals surface area (Å²) in [7, 11) is 3.61. The predicted molar refractivity (Wildman–Crippen MR) is 73.4 cm³/mol. The Bertz CT molecular complexity index is 416. The molecule has 0 spiro atoms. The Morgan fingerprint density at radius 2 is 2.28 bits per heavy atom. The van der Waals surface area contributed by atoms with Crippen LogP contribution in [0.5, 0.6) is 5.75 Å². The second-order valence-electron chi connectivity index (χ2n) is 5.04. The first-order valence-electron chi connectivity index (χ1n) is 6.33. The van der Waals surface area contributed by atoms with Crippen molar-refractivity contribution in [3.63, 3.8) is 0 Å². The fourth-order valence-electron chi connectivity index (χ4n) is 2.54. The molecule has 4 nitrogen and oxygen atoms in total. The normalized spacial score (nSPS) is 23.4. The second kappa shape index (κ2) is 5.16. The molecule has 1 aromatic carbocycles. The van der Waals surface area contributed by atoms with Crippen LogP contribution in [-0.2, 0) is 0 Å². The van der Waals surface area contributed by atoms with E-state index in [9.17, 15) is 5.11 Å². The standard InChI is InChI=1S/C14H22N2O2/c1-11-4-5-13(18-3)12(8-11)16-7-6-14(9-16,10-17)15-2/h4-5,8,15,17H,6-7,9-10H2,1-3H3. The zero-order valence-electron chi connectivity index (χ0n) is 11.4. The van der Waals surface area contributed by atoms with Gasteiger partial charge < -0.3 is 20.1 Å². The average molecular weight is 250 g/mol. The summed E-state index contributed by atoms with van der Waals surface area (Å²) >= 11 is 0. The number of rotatable bonds is 4. The molecule has 1 unspecified atom stereocenters. The molecule has 0 aromatic heterocycles. The number of nitrogens with one attached hydrogen (secondary N) is 1. The molecule has 0 bridgehead atoms. The molecule has 0 aliphatic carbocycles. The van der Waals surface area contributed by atoms with Crippen LogP contribution in [0.15, 0.2) is 18.2 Å². The number of anilines is 1. The first-order chi connectivity index (χ1) is 8.64. The molecule has 0 amide bonds. The van der Waals surface area contributed by atoms with E-state index in [1.807, 2.05) is 13.1 Å². The summed E-state index contributed by atoms with van der Waals surface area (Å²) in [5.41, 5.74) is 2.15. The van der Waals surface area contributed by atoms with Gasteiger partial charge in [-0.15, -0.1) is 0 Å². The van der Waals surface area contributed by atoms with Crippen LogP contribution in [0.25, 0.3) is 0 Å². The van der Waals surface area contributed by atoms with Crippen LogP contribution in [0.3, 0.4) is 0 Å². The van der Waals surface area contributed by atoms with Gasteiger partial charge in [0, 0.05) is 13.1 Å². The molecule has 1 heterocycles. The number of methoxy groups -OCH3 is 1. The molecule has 1 saturated heterocycles. The molecule has 1 aromatic rings. The van der Waals surface area contributed by atoms with Crippen molar-refractivity contribution < 1.29 is 9.84 Å². The van der Waals surface area contributed by atoms with Crippen LogP contribution in [0.1, 0.15) is 12.0 Å². The minimum atomic E-state index is -0.186. The van der Waals surface area contributed by atoms with Crippen LogP contribution in [0.4, 0.5) is 5.69 Å². The first-order valence-corrected chi connectivity index (χ1v) is 6.33.